The molecule has 0 nitrogen and oxygen atoms in total. The lowest BCUT2D eigenvalue weighted by atomic mass is 10.1. The van der Waals surface area contributed by atoms with Gasteiger partial charge in [0.2, 0.25) is 0 Å². The van der Waals surface area contributed by atoms with Gasteiger partial charge in [-0.25, -0.2) is 0 Å². The summed E-state index contributed by atoms with van der Waals surface area (Å²) in [4.78, 5) is 0. The molecule has 0 radical (unpaired) electrons. The highest BCUT2D eigenvalue weighted by molar-refractivity contribution is 14.2. The van der Waals surface area contributed by atoms with Crippen molar-refractivity contribution in [3.05, 3.63) is 60.7 Å². The van der Waals surface area contributed by atoms with Crippen molar-refractivity contribution in [3.8, 4) is 11.1 Å². The van der Waals surface area contributed by atoms with Gasteiger partial charge in [0, 0.05) is 0 Å². The normalized spacial score (nSPS) is 8.93. The smallest absolute Gasteiger partial charge is 0.0516 e. The van der Waals surface area contributed by atoms with Crippen LogP contribution in [0.2, 0.25) is 0 Å². The van der Waals surface area contributed by atoms with E-state index in [0.717, 1.165) is 0 Å². The van der Waals surface area contributed by atoms with Gasteiger partial charge < -0.3 is 0 Å². The van der Waals surface area contributed by atoms with Crippen LogP contribution in [0, 0.1) is 0 Å². The van der Waals surface area contributed by atoms with Crippen molar-refractivity contribution in [2.24, 2.45) is 0 Å². The van der Waals surface area contributed by atoms with Crippen LogP contribution >= 0.6 is 45.2 Å². The molecule has 2 aromatic carbocycles. The highest BCUT2D eigenvalue weighted by atomic mass is 127. The van der Waals surface area contributed by atoms with Crippen molar-refractivity contribution in [2.45, 2.75) is 0 Å². The van der Waals surface area contributed by atoms with Crippen LogP contribution in [0.1, 0.15) is 0 Å². The molecule has 2 rings (SSSR count). The van der Waals surface area contributed by atoms with Crippen molar-refractivity contribution < 1.29 is 0 Å². The third-order valence-corrected chi connectivity index (χ3v) is 1.88. The molecule has 2 aromatic rings. The number of halogens is 2. The predicted molar refractivity (Wildman–Crippen MR) is 84.8 cm³/mol. The van der Waals surface area contributed by atoms with Gasteiger partial charge in [0.1, 0.15) is 0 Å². The fraction of sp³-hybridized carbons (Fsp3) is 0.0769. The van der Waals surface area contributed by atoms with Crippen LogP contribution < -0.4 is 0 Å². The van der Waals surface area contributed by atoms with Crippen molar-refractivity contribution in [1.82, 2.24) is 0 Å². The Kier molecular flexibility index (Phi) is 7.00. The van der Waals surface area contributed by atoms with Gasteiger partial charge in [0.15, 0.2) is 0 Å². The van der Waals surface area contributed by atoms with Crippen LogP contribution in [-0.2, 0) is 0 Å². The molecule has 0 fully saturated rings. The molecule has 15 heavy (non-hydrogen) atoms. The van der Waals surface area contributed by atoms with Gasteiger partial charge in [-0.05, 0) is 11.1 Å². The topological polar surface area (TPSA) is 0 Å². The third-order valence-electron chi connectivity index (χ3n) is 1.88. The van der Waals surface area contributed by atoms with Crippen molar-refractivity contribution in [3.63, 3.8) is 0 Å². The average molecular weight is 422 g/mol. The minimum Gasteiger partial charge on any atom is -0.0748 e. The third kappa shape index (κ3) is 4.97. The standard InChI is InChI=1S/C12H10.CH2I2/c1-3-7-11(8-4-1)12-9-5-2-6-10-12;2-1-3/h1-10H;1H2. The minimum atomic E-state index is 1.19. The lowest BCUT2D eigenvalue weighted by Gasteiger charge is -1.98. The summed E-state index contributed by atoms with van der Waals surface area (Å²) >= 11 is 4.55. The zero-order valence-corrected chi connectivity index (χ0v) is 12.6. The van der Waals surface area contributed by atoms with Gasteiger partial charge in [-0.2, -0.15) is 0 Å². The molecule has 0 saturated heterocycles. The molecule has 0 aliphatic rings. The molecule has 78 valence electrons. The largest absolute Gasteiger partial charge is 0.0748 e. The van der Waals surface area contributed by atoms with Gasteiger partial charge in [-0.1, -0.05) is 106 Å². The van der Waals surface area contributed by atoms with Gasteiger partial charge in [0.05, 0.1) is 2.43 Å². The maximum absolute atomic E-state index is 2.28. The lowest BCUT2D eigenvalue weighted by molar-refractivity contribution is 1.62. The first-order chi connectivity index (χ1) is 7.38. The summed E-state index contributed by atoms with van der Waals surface area (Å²) < 4.78 is 1.19. The van der Waals surface area contributed by atoms with Crippen LogP contribution in [0.4, 0.5) is 0 Å². The lowest BCUT2D eigenvalue weighted by Crippen LogP contribution is -1.73. The van der Waals surface area contributed by atoms with E-state index in [4.69, 9.17) is 0 Å². The summed E-state index contributed by atoms with van der Waals surface area (Å²) in [7, 11) is 0. The summed E-state index contributed by atoms with van der Waals surface area (Å²) in [6.07, 6.45) is 0. The van der Waals surface area contributed by atoms with Crippen LogP contribution in [0.3, 0.4) is 0 Å². The Labute approximate surface area is 118 Å². The molecule has 0 unspecified atom stereocenters. The number of rotatable bonds is 1. The first kappa shape index (κ1) is 13.0. The molecule has 0 amide bonds. The number of hydrogen-bond donors (Lipinski definition) is 0. The van der Waals surface area contributed by atoms with E-state index in [0.29, 0.717) is 0 Å². The fourth-order valence-electron chi connectivity index (χ4n) is 1.26. The maximum Gasteiger partial charge on any atom is 0.0516 e. The van der Waals surface area contributed by atoms with Crippen LogP contribution in [-0.4, -0.2) is 2.43 Å². The average Bonchev–Trinajstić information content (AvgIpc) is 2.32. The van der Waals surface area contributed by atoms with E-state index < -0.39 is 0 Å². The molecule has 0 N–H and O–H groups in total. The van der Waals surface area contributed by atoms with Gasteiger partial charge in [-0.15, -0.1) is 0 Å². The summed E-state index contributed by atoms with van der Waals surface area (Å²) in [5, 5.41) is 0. The molecule has 0 heterocycles. The fourth-order valence-corrected chi connectivity index (χ4v) is 1.26. The zero-order valence-electron chi connectivity index (χ0n) is 8.24. The Morgan fingerprint density at radius 3 is 1.13 bits per heavy atom. The first-order valence-corrected chi connectivity index (χ1v) is 7.66. The van der Waals surface area contributed by atoms with E-state index >= 15 is 0 Å². The molecule has 0 spiro atoms. The van der Waals surface area contributed by atoms with Gasteiger partial charge in [0.25, 0.3) is 0 Å². The Bertz CT molecular complexity index is 319. The molecular weight excluding hydrogens is 410 g/mol. The molecule has 0 bridgehead atoms. The Hall–Kier alpha value is -0.1000. The summed E-state index contributed by atoms with van der Waals surface area (Å²) in [6, 6.07) is 20.8. The number of alkyl halides is 2. The summed E-state index contributed by atoms with van der Waals surface area (Å²) in [6.45, 7) is 0. The molecular formula is C13H12I2. The molecule has 0 saturated carbocycles. The van der Waals surface area contributed by atoms with Gasteiger partial charge >= 0.3 is 0 Å². The SMILES string of the molecule is ICI.c1ccc(-c2ccccc2)cc1. The minimum absolute atomic E-state index is 1.19. The number of hydrogen-bond acceptors (Lipinski definition) is 0. The first-order valence-electron chi connectivity index (χ1n) is 4.61. The Morgan fingerprint density at radius 2 is 0.867 bits per heavy atom. The maximum atomic E-state index is 2.28. The zero-order chi connectivity index (χ0) is 10.9. The van der Waals surface area contributed by atoms with E-state index in [1.807, 2.05) is 12.1 Å². The van der Waals surface area contributed by atoms with E-state index in [1.165, 1.54) is 13.6 Å². The van der Waals surface area contributed by atoms with Crippen LogP contribution in [0.25, 0.3) is 11.1 Å². The second kappa shape index (κ2) is 8.10. The molecule has 2 heteroatoms. The summed E-state index contributed by atoms with van der Waals surface area (Å²) in [5.41, 5.74) is 2.55. The summed E-state index contributed by atoms with van der Waals surface area (Å²) in [5.74, 6) is 0. The van der Waals surface area contributed by atoms with E-state index in [2.05, 4.69) is 93.7 Å². The second-order valence-corrected chi connectivity index (χ2v) is 7.28. The molecule has 0 aromatic heterocycles. The molecule has 0 aliphatic carbocycles. The van der Waals surface area contributed by atoms with Crippen molar-refractivity contribution in [2.75, 3.05) is 2.43 Å². The molecule has 0 atom stereocenters. The quantitative estimate of drug-likeness (QED) is 0.440. The van der Waals surface area contributed by atoms with E-state index in [-0.39, 0.29) is 0 Å². The predicted octanol–water partition coefficient (Wildman–Crippen LogP) is 5.17. The van der Waals surface area contributed by atoms with E-state index in [1.54, 1.807) is 0 Å². The van der Waals surface area contributed by atoms with Crippen LogP contribution in [0.15, 0.2) is 60.7 Å². The Morgan fingerprint density at radius 1 is 0.600 bits per heavy atom. The second-order valence-electron chi connectivity index (χ2n) is 2.83. The highest BCUT2D eigenvalue weighted by Crippen LogP contribution is 2.17. The van der Waals surface area contributed by atoms with Gasteiger partial charge in [-0.3, -0.25) is 0 Å². The Balaban J connectivity index is 0.000000337. The van der Waals surface area contributed by atoms with E-state index in [9.17, 15) is 0 Å². The number of benzene rings is 2. The van der Waals surface area contributed by atoms with Crippen molar-refractivity contribution >= 4 is 45.2 Å². The highest BCUT2D eigenvalue weighted by Gasteiger charge is 1.91. The molecule has 0 aliphatic heterocycles. The van der Waals surface area contributed by atoms with Crippen molar-refractivity contribution in [1.29, 1.82) is 0 Å². The van der Waals surface area contributed by atoms with Crippen LogP contribution in [0.5, 0.6) is 0 Å². The monoisotopic (exact) mass is 422 g/mol.